The van der Waals surface area contributed by atoms with Crippen LogP contribution in [0.5, 0.6) is 0 Å². The quantitative estimate of drug-likeness (QED) is 0.575. The number of piperazine rings is 1. The molecule has 1 saturated heterocycles. The lowest BCUT2D eigenvalue weighted by Gasteiger charge is -2.28. The molecule has 150 valence electrons. The number of quaternary nitrogens is 2. The fourth-order valence-corrected chi connectivity index (χ4v) is 3.95. The Morgan fingerprint density at radius 2 is 1.69 bits per heavy atom. The first-order valence-corrected chi connectivity index (χ1v) is 10.2. The molecule has 0 saturated carbocycles. The Morgan fingerprint density at radius 1 is 1.00 bits per heavy atom. The molecule has 0 atom stereocenters. The maximum Gasteiger partial charge on any atom is 0.279 e. The molecule has 4 rings (SSSR count). The van der Waals surface area contributed by atoms with Crippen molar-refractivity contribution in [2.45, 2.75) is 13.5 Å². The van der Waals surface area contributed by atoms with Crippen LogP contribution < -0.4 is 15.1 Å². The summed E-state index contributed by atoms with van der Waals surface area (Å²) in [5.74, 6) is 0.926. The summed E-state index contributed by atoms with van der Waals surface area (Å²) < 4.78 is 5.16. The van der Waals surface area contributed by atoms with E-state index in [2.05, 4.69) is 22.6 Å². The first kappa shape index (κ1) is 19.4. The number of carbonyl (C=O) groups is 1. The number of hydrogen-bond acceptors (Lipinski definition) is 3. The number of aryl methyl sites for hydroxylation is 1. The normalized spacial score (nSPS) is 19.1. The van der Waals surface area contributed by atoms with Crippen molar-refractivity contribution in [2.24, 2.45) is 0 Å². The van der Waals surface area contributed by atoms with Crippen LogP contribution in [0, 0.1) is 6.92 Å². The summed E-state index contributed by atoms with van der Waals surface area (Å²) in [4.78, 5) is 15.5. The molecule has 29 heavy (non-hydrogen) atoms. The summed E-state index contributed by atoms with van der Waals surface area (Å²) in [5, 5.41) is 7.21. The monoisotopic (exact) mass is 392 g/mol. The highest BCUT2D eigenvalue weighted by atomic mass is 16.5. The lowest BCUT2D eigenvalue weighted by Crippen LogP contribution is -3.28. The first-order chi connectivity index (χ1) is 14.2. The predicted octanol–water partition coefficient (Wildman–Crippen LogP) is 0.572. The zero-order valence-corrected chi connectivity index (χ0v) is 16.8. The second-order valence-electron chi connectivity index (χ2n) is 7.74. The molecule has 1 amide bonds. The number of rotatable bonds is 6. The third kappa shape index (κ3) is 5.10. The smallest absolute Gasteiger partial charge is 0.279 e. The van der Waals surface area contributed by atoms with Gasteiger partial charge >= 0.3 is 0 Å². The van der Waals surface area contributed by atoms with Crippen molar-refractivity contribution in [3.05, 3.63) is 72.1 Å². The van der Waals surface area contributed by atoms with Crippen molar-refractivity contribution >= 4 is 11.6 Å². The number of benzene rings is 2. The number of nitrogens with one attached hydrogen (secondary N) is 3. The van der Waals surface area contributed by atoms with E-state index in [4.69, 9.17) is 4.52 Å². The molecule has 2 aromatic carbocycles. The molecule has 2 heterocycles. The number of nitrogens with zero attached hydrogens (tertiary/aromatic N) is 1. The van der Waals surface area contributed by atoms with E-state index in [0.29, 0.717) is 6.54 Å². The number of amides is 1. The van der Waals surface area contributed by atoms with Crippen molar-refractivity contribution in [2.75, 3.05) is 38.0 Å². The van der Waals surface area contributed by atoms with Gasteiger partial charge in [-0.3, -0.25) is 4.79 Å². The molecule has 0 unspecified atom stereocenters. The minimum absolute atomic E-state index is 0.0685. The van der Waals surface area contributed by atoms with Crippen LogP contribution in [0.25, 0.3) is 11.1 Å². The molecule has 0 spiro atoms. The van der Waals surface area contributed by atoms with Gasteiger partial charge in [0.25, 0.3) is 5.91 Å². The van der Waals surface area contributed by atoms with E-state index in [1.54, 1.807) is 0 Å². The van der Waals surface area contributed by atoms with E-state index < -0.39 is 0 Å². The Balaban J connectivity index is 1.30. The summed E-state index contributed by atoms with van der Waals surface area (Å²) in [6, 6.07) is 20.1. The average molecular weight is 393 g/mol. The zero-order chi connectivity index (χ0) is 20.1. The lowest BCUT2D eigenvalue weighted by molar-refractivity contribution is -1.02. The molecule has 0 aliphatic carbocycles. The fourth-order valence-electron chi connectivity index (χ4n) is 3.95. The van der Waals surface area contributed by atoms with E-state index >= 15 is 0 Å². The van der Waals surface area contributed by atoms with Gasteiger partial charge in [-0.2, -0.15) is 0 Å². The Bertz CT molecular complexity index is 946. The highest BCUT2D eigenvalue weighted by Gasteiger charge is 2.25. The first-order valence-electron chi connectivity index (χ1n) is 10.2. The Kier molecular flexibility index (Phi) is 6.03. The van der Waals surface area contributed by atoms with Crippen molar-refractivity contribution in [3.8, 4) is 11.1 Å². The summed E-state index contributed by atoms with van der Waals surface area (Å²) in [7, 11) is 0. The van der Waals surface area contributed by atoms with Crippen LogP contribution in [0.3, 0.4) is 0 Å². The Morgan fingerprint density at radius 3 is 2.41 bits per heavy atom. The molecule has 0 bridgehead atoms. The molecule has 1 fully saturated rings. The molecule has 3 aromatic rings. The van der Waals surface area contributed by atoms with Crippen LogP contribution >= 0.6 is 0 Å². The van der Waals surface area contributed by atoms with Crippen LogP contribution in [-0.4, -0.2) is 43.8 Å². The molecular formula is C23H28N4O2+2. The van der Waals surface area contributed by atoms with E-state index in [9.17, 15) is 4.79 Å². The molecule has 3 N–H and O–H groups in total. The van der Waals surface area contributed by atoms with Crippen LogP contribution in [0.4, 0.5) is 5.69 Å². The van der Waals surface area contributed by atoms with Crippen molar-refractivity contribution in [1.29, 1.82) is 0 Å². The second kappa shape index (κ2) is 9.03. The third-order valence-electron chi connectivity index (χ3n) is 5.47. The van der Waals surface area contributed by atoms with E-state index in [-0.39, 0.29) is 5.91 Å². The Hall–Kier alpha value is -2.96. The fraction of sp³-hybridized carbons (Fsp3) is 0.304. The maximum absolute atomic E-state index is 12.7. The maximum atomic E-state index is 12.7. The topological polar surface area (TPSA) is 64.0 Å². The molecule has 6 nitrogen and oxygen atoms in total. The van der Waals surface area contributed by atoms with Crippen LogP contribution in [0.15, 0.2) is 65.2 Å². The minimum Gasteiger partial charge on any atom is -0.361 e. The van der Waals surface area contributed by atoms with Crippen molar-refractivity contribution < 1.29 is 19.1 Å². The van der Waals surface area contributed by atoms with Crippen LogP contribution in [-0.2, 0) is 11.3 Å². The number of hydrogen-bond donors (Lipinski definition) is 3. The van der Waals surface area contributed by atoms with E-state index in [0.717, 1.165) is 61.0 Å². The standard InChI is InChI=1S/C23H26N4O2/c1-18-15-20(25-29-18)16-26-11-13-27(14-12-26)17-23(28)24-22-10-6-5-9-21(22)19-7-3-2-4-8-19/h2-10,15H,11-14,16-17H2,1H3,(H,24,28)/p+2. The van der Waals surface area contributed by atoms with Gasteiger partial charge in [0.15, 0.2) is 6.54 Å². The van der Waals surface area contributed by atoms with Gasteiger partial charge in [0.1, 0.15) is 44.2 Å². The molecule has 1 aliphatic heterocycles. The van der Waals surface area contributed by atoms with Crippen LogP contribution in [0.2, 0.25) is 0 Å². The average Bonchev–Trinajstić information content (AvgIpc) is 3.15. The molecular weight excluding hydrogens is 364 g/mol. The molecule has 1 aliphatic rings. The van der Waals surface area contributed by atoms with Gasteiger partial charge in [-0.05, 0) is 18.6 Å². The van der Waals surface area contributed by atoms with Gasteiger partial charge in [0.2, 0.25) is 0 Å². The van der Waals surface area contributed by atoms with Gasteiger partial charge in [0.05, 0.1) is 0 Å². The molecule has 1 aromatic heterocycles. The number of anilines is 1. The number of para-hydroxylation sites is 1. The van der Waals surface area contributed by atoms with Gasteiger partial charge in [-0.1, -0.05) is 53.7 Å². The highest BCUT2D eigenvalue weighted by Crippen LogP contribution is 2.27. The summed E-state index contributed by atoms with van der Waals surface area (Å²) >= 11 is 0. The third-order valence-corrected chi connectivity index (χ3v) is 5.47. The van der Waals surface area contributed by atoms with Crippen molar-refractivity contribution in [3.63, 3.8) is 0 Å². The van der Waals surface area contributed by atoms with Gasteiger partial charge in [-0.15, -0.1) is 0 Å². The Labute approximate surface area is 171 Å². The SMILES string of the molecule is Cc1cc(C[NH+]2CC[NH+](CC(=O)Nc3ccccc3-c3ccccc3)CC2)no1. The number of aromatic nitrogens is 1. The van der Waals surface area contributed by atoms with Crippen LogP contribution in [0.1, 0.15) is 11.5 Å². The van der Waals surface area contributed by atoms with Gasteiger partial charge in [-0.25, -0.2) is 0 Å². The summed E-state index contributed by atoms with van der Waals surface area (Å²) in [5.41, 5.74) is 4.04. The van der Waals surface area contributed by atoms with E-state index in [1.807, 2.05) is 55.5 Å². The van der Waals surface area contributed by atoms with Gasteiger partial charge < -0.3 is 19.6 Å². The largest absolute Gasteiger partial charge is 0.361 e. The summed E-state index contributed by atoms with van der Waals surface area (Å²) in [6.45, 7) is 7.35. The second-order valence-corrected chi connectivity index (χ2v) is 7.74. The summed E-state index contributed by atoms with van der Waals surface area (Å²) in [6.07, 6.45) is 0. The highest BCUT2D eigenvalue weighted by molar-refractivity contribution is 5.96. The van der Waals surface area contributed by atoms with E-state index in [1.165, 1.54) is 9.80 Å². The predicted molar refractivity (Wildman–Crippen MR) is 112 cm³/mol. The lowest BCUT2D eigenvalue weighted by atomic mass is 10.0. The van der Waals surface area contributed by atoms with Gasteiger partial charge in [0, 0.05) is 17.3 Å². The zero-order valence-electron chi connectivity index (χ0n) is 16.8. The minimum atomic E-state index is 0.0685. The number of carbonyl (C=O) groups excluding carboxylic acids is 1. The van der Waals surface area contributed by atoms with Crippen molar-refractivity contribution in [1.82, 2.24) is 5.16 Å². The molecule has 0 radical (unpaired) electrons. The molecule has 6 heteroatoms.